The van der Waals surface area contributed by atoms with Crippen LogP contribution in [0.3, 0.4) is 0 Å². The van der Waals surface area contributed by atoms with Crippen molar-refractivity contribution in [3.05, 3.63) is 77.4 Å². The van der Waals surface area contributed by atoms with E-state index in [1.807, 2.05) is 74.5 Å². The lowest BCUT2D eigenvalue weighted by Crippen LogP contribution is -2.13. The fourth-order valence-corrected chi connectivity index (χ4v) is 2.67. The Morgan fingerprint density at radius 3 is 1.81 bits per heavy atom. The Bertz CT molecular complexity index is 910. The van der Waals surface area contributed by atoms with Gasteiger partial charge in [-0.2, -0.15) is 0 Å². The van der Waals surface area contributed by atoms with Gasteiger partial charge in [-0.3, -0.25) is 0 Å². The van der Waals surface area contributed by atoms with Crippen LogP contribution in [-0.4, -0.2) is 18.1 Å². The van der Waals surface area contributed by atoms with Crippen molar-refractivity contribution in [3.8, 4) is 0 Å². The van der Waals surface area contributed by atoms with Gasteiger partial charge in [0.1, 0.15) is 17.2 Å². The van der Waals surface area contributed by atoms with Crippen LogP contribution in [0.2, 0.25) is 0 Å². The molecule has 2 aromatic carbocycles. The number of pyridine rings is 1. The van der Waals surface area contributed by atoms with Crippen LogP contribution in [0, 0.1) is 13.8 Å². The van der Waals surface area contributed by atoms with Gasteiger partial charge in [0, 0.05) is 11.4 Å². The first-order valence-corrected chi connectivity index (χ1v) is 8.34. The Labute approximate surface area is 153 Å². The van der Waals surface area contributed by atoms with E-state index < -0.39 is 5.97 Å². The molecule has 2 N–H and O–H groups in total. The quantitative estimate of drug-likeness (QED) is 0.638. The fourth-order valence-electron chi connectivity index (χ4n) is 2.67. The second-order valence-corrected chi connectivity index (χ2v) is 5.91. The molecule has 0 aliphatic carbocycles. The summed E-state index contributed by atoms with van der Waals surface area (Å²) < 4.78 is 4.97. The summed E-state index contributed by atoms with van der Waals surface area (Å²) >= 11 is 0. The highest BCUT2D eigenvalue weighted by atomic mass is 16.5. The van der Waals surface area contributed by atoms with E-state index in [0.29, 0.717) is 17.2 Å². The molecule has 0 aliphatic rings. The van der Waals surface area contributed by atoms with Crippen molar-refractivity contribution >= 4 is 29.0 Å². The third kappa shape index (κ3) is 3.67. The first kappa shape index (κ1) is 17.5. The topological polar surface area (TPSA) is 63.2 Å². The second-order valence-electron chi connectivity index (χ2n) is 5.91. The molecule has 0 saturated carbocycles. The van der Waals surface area contributed by atoms with Crippen LogP contribution in [0.25, 0.3) is 0 Å². The SMILES string of the molecule is COC(=O)c1c(Nc2ccccc2)nc(Nc2ccccc2)c(C)c1C. The molecular weight excluding hydrogens is 326 g/mol. The molecule has 0 spiro atoms. The van der Waals surface area contributed by atoms with Crippen LogP contribution in [-0.2, 0) is 4.74 Å². The minimum Gasteiger partial charge on any atom is -0.465 e. The number of benzene rings is 2. The maximum absolute atomic E-state index is 12.3. The third-order valence-corrected chi connectivity index (χ3v) is 4.22. The number of rotatable bonds is 5. The number of hydrogen-bond acceptors (Lipinski definition) is 5. The normalized spacial score (nSPS) is 10.3. The molecule has 0 fully saturated rings. The minimum absolute atomic E-state index is 0.414. The Kier molecular flexibility index (Phi) is 5.17. The average Bonchev–Trinajstić information content (AvgIpc) is 2.67. The van der Waals surface area contributed by atoms with Gasteiger partial charge in [-0.15, -0.1) is 0 Å². The number of nitrogens with zero attached hydrogens (tertiary/aromatic N) is 1. The van der Waals surface area contributed by atoms with Gasteiger partial charge in [-0.1, -0.05) is 36.4 Å². The van der Waals surface area contributed by atoms with Gasteiger partial charge in [0.05, 0.1) is 7.11 Å². The number of carbonyl (C=O) groups excluding carboxylic acids is 1. The predicted molar refractivity (Wildman–Crippen MR) is 104 cm³/mol. The van der Waals surface area contributed by atoms with Crippen LogP contribution >= 0.6 is 0 Å². The highest BCUT2D eigenvalue weighted by Crippen LogP contribution is 2.30. The van der Waals surface area contributed by atoms with E-state index in [0.717, 1.165) is 22.5 Å². The van der Waals surface area contributed by atoms with Gasteiger partial charge in [0.25, 0.3) is 0 Å². The van der Waals surface area contributed by atoms with E-state index in [2.05, 4.69) is 15.6 Å². The molecule has 0 unspecified atom stereocenters. The summed E-state index contributed by atoms with van der Waals surface area (Å²) in [5, 5.41) is 6.55. The maximum atomic E-state index is 12.3. The Balaban J connectivity index is 2.08. The van der Waals surface area contributed by atoms with Crippen molar-refractivity contribution in [3.63, 3.8) is 0 Å². The molecule has 26 heavy (non-hydrogen) atoms. The van der Waals surface area contributed by atoms with Gasteiger partial charge < -0.3 is 15.4 Å². The molecular formula is C21H21N3O2. The molecule has 5 heteroatoms. The first-order chi connectivity index (χ1) is 12.6. The van der Waals surface area contributed by atoms with Crippen molar-refractivity contribution < 1.29 is 9.53 Å². The lowest BCUT2D eigenvalue weighted by Gasteiger charge is -2.18. The molecule has 1 aromatic heterocycles. The van der Waals surface area contributed by atoms with Gasteiger partial charge in [0.15, 0.2) is 0 Å². The lowest BCUT2D eigenvalue weighted by molar-refractivity contribution is 0.0600. The second kappa shape index (κ2) is 7.70. The molecule has 0 saturated heterocycles. The van der Waals surface area contributed by atoms with Crippen molar-refractivity contribution in [2.75, 3.05) is 17.7 Å². The van der Waals surface area contributed by atoms with E-state index in [1.54, 1.807) is 0 Å². The van der Waals surface area contributed by atoms with Gasteiger partial charge >= 0.3 is 5.97 Å². The number of aromatic nitrogens is 1. The monoisotopic (exact) mass is 347 g/mol. The number of para-hydroxylation sites is 2. The van der Waals surface area contributed by atoms with Crippen LogP contribution in [0.15, 0.2) is 60.7 Å². The Hall–Kier alpha value is -3.34. The summed E-state index contributed by atoms with van der Waals surface area (Å²) in [6, 6.07) is 19.4. The summed E-state index contributed by atoms with van der Waals surface area (Å²) in [5.41, 5.74) is 3.93. The fraction of sp³-hybridized carbons (Fsp3) is 0.143. The van der Waals surface area contributed by atoms with E-state index in [9.17, 15) is 4.79 Å². The highest BCUT2D eigenvalue weighted by molar-refractivity contribution is 5.98. The molecule has 1 heterocycles. The Morgan fingerprint density at radius 2 is 1.31 bits per heavy atom. The number of ether oxygens (including phenoxy) is 1. The zero-order chi connectivity index (χ0) is 18.5. The van der Waals surface area contributed by atoms with Crippen LogP contribution in [0.1, 0.15) is 21.5 Å². The summed E-state index contributed by atoms with van der Waals surface area (Å²) in [7, 11) is 1.37. The molecule has 0 atom stereocenters. The average molecular weight is 347 g/mol. The summed E-state index contributed by atoms with van der Waals surface area (Å²) in [6.45, 7) is 3.84. The largest absolute Gasteiger partial charge is 0.465 e. The standard InChI is InChI=1S/C21H21N3O2/c1-14-15(2)19(22-16-10-6-4-7-11-16)24-20(18(14)21(25)26-3)23-17-12-8-5-9-13-17/h4-13H,1-3H3,(H2,22,23,24). The molecule has 132 valence electrons. The van der Waals surface area contributed by atoms with Crippen molar-refractivity contribution in [1.29, 1.82) is 0 Å². The molecule has 0 amide bonds. The summed E-state index contributed by atoms with van der Waals surface area (Å²) in [6.07, 6.45) is 0. The number of methoxy groups -OCH3 is 1. The van der Waals surface area contributed by atoms with Gasteiger partial charge in [-0.05, 0) is 49.2 Å². The lowest BCUT2D eigenvalue weighted by atomic mass is 10.0. The van der Waals surface area contributed by atoms with E-state index in [1.165, 1.54) is 7.11 Å². The highest BCUT2D eigenvalue weighted by Gasteiger charge is 2.21. The number of nitrogens with one attached hydrogen (secondary N) is 2. The van der Waals surface area contributed by atoms with E-state index in [4.69, 9.17) is 4.74 Å². The van der Waals surface area contributed by atoms with Crippen LogP contribution in [0.4, 0.5) is 23.0 Å². The molecule has 5 nitrogen and oxygen atoms in total. The predicted octanol–water partition coefficient (Wildman–Crippen LogP) is 4.97. The van der Waals surface area contributed by atoms with E-state index >= 15 is 0 Å². The number of esters is 1. The molecule has 3 aromatic rings. The number of carbonyl (C=O) groups is 1. The third-order valence-electron chi connectivity index (χ3n) is 4.22. The van der Waals surface area contributed by atoms with Crippen LogP contribution in [0.5, 0.6) is 0 Å². The zero-order valence-corrected chi connectivity index (χ0v) is 15.0. The van der Waals surface area contributed by atoms with Gasteiger partial charge in [-0.25, -0.2) is 9.78 Å². The summed E-state index contributed by atoms with van der Waals surface area (Å²) in [5.74, 6) is 0.743. The molecule has 3 rings (SSSR count). The van der Waals surface area contributed by atoms with Crippen molar-refractivity contribution in [1.82, 2.24) is 4.98 Å². The summed E-state index contributed by atoms with van der Waals surface area (Å²) in [4.78, 5) is 17.0. The maximum Gasteiger partial charge on any atom is 0.341 e. The molecule has 0 aliphatic heterocycles. The molecule has 0 bridgehead atoms. The number of hydrogen-bond donors (Lipinski definition) is 2. The minimum atomic E-state index is -0.414. The zero-order valence-electron chi connectivity index (χ0n) is 15.0. The Morgan fingerprint density at radius 1 is 0.808 bits per heavy atom. The van der Waals surface area contributed by atoms with E-state index in [-0.39, 0.29) is 0 Å². The van der Waals surface area contributed by atoms with Crippen molar-refractivity contribution in [2.24, 2.45) is 0 Å². The van der Waals surface area contributed by atoms with Gasteiger partial charge in [0.2, 0.25) is 0 Å². The first-order valence-electron chi connectivity index (χ1n) is 8.34. The number of anilines is 4. The van der Waals surface area contributed by atoms with Crippen molar-refractivity contribution in [2.45, 2.75) is 13.8 Å². The smallest absolute Gasteiger partial charge is 0.341 e. The molecule has 0 radical (unpaired) electrons. The van der Waals surface area contributed by atoms with Crippen LogP contribution < -0.4 is 10.6 Å².